The van der Waals surface area contributed by atoms with E-state index in [1.807, 2.05) is 5.43 Å². The standard InChI is InChI=1S/C12H13BrClFN2O3/c13-7-3-8(14)9(15)4-11(7)19-5-6-1-2-10(20-6)12(18)17-16/h3-4,6,10H,1-2,5,16H2,(H,17,18). The molecule has 1 aromatic rings. The van der Waals surface area contributed by atoms with Crippen molar-refractivity contribution in [3.05, 3.63) is 27.4 Å². The Morgan fingerprint density at radius 1 is 1.60 bits per heavy atom. The van der Waals surface area contributed by atoms with E-state index in [1.54, 1.807) is 0 Å². The number of amides is 1. The fourth-order valence-electron chi connectivity index (χ4n) is 1.91. The number of halogens is 3. The maximum absolute atomic E-state index is 13.3. The van der Waals surface area contributed by atoms with Gasteiger partial charge < -0.3 is 9.47 Å². The van der Waals surface area contributed by atoms with Gasteiger partial charge in [-0.15, -0.1) is 0 Å². The minimum atomic E-state index is -0.558. The van der Waals surface area contributed by atoms with E-state index in [1.165, 1.54) is 12.1 Å². The summed E-state index contributed by atoms with van der Waals surface area (Å²) in [6, 6.07) is 2.62. The average molecular weight is 368 g/mol. The van der Waals surface area contributed by atoms with E-state index in [-0.39, 0.29) is 23.6 Å². The highest BCUT2D eigenvalue weighted by Crippen LogP contribution is 2.31. The third kappa shape index (κ3) is 3.60. The zero-order valence-electron chi connectivity index (χ0n) is 10.4. The summed E-state index contributed by atoms with van der Waals surface area (Å²) in [6.45, 7) is 0.216. The molecule has 0 radical (unpaired) electrons. The molecule has 2 unspecified atom stereocenters. The lowest BCUT2D eigenvalue weighted by atomic mass is 10.2. The molecule has 3 N–H and O–H groups in total. The number of hydrogen-bond donors (Lipinski definition) is 2. The van der Waals surface area contributed by atoms with Crippen molar-refractivity contribution in [3.63, 3.8) is 0 Å². The Balaban J connectivity index is 1.91. The minimum Gasteiger partial charge on any atom is -0.490 e. The summed E-state index contributed by atoms with van der Waals surface area (Å²) in [6.07, 6.45) is 0.459. The lowest BCUT2D eigenvalue weighted by Crippen LogP contribution is -2.39. The smallest absolute Gasteiger partial charge is 0.263 e. The number of hydrogen-bond acceptors (Lipinski definition) is 4. The molecule has 1 aliphatic heterocycles. The van der Waals surface area contributed by atoms with E-state index in [9.17, 15) is 9.18 Å². The van der Waals surface area contributed by atoms with Crippen molar-refractivity contribution in [1.29, 1.82) is 0 Å². The summed E-state index contributed by atoms with van der Waals surface area (Å²) in [5.74, 6) is 4.46. The lowest BCUT2D eigenvalue weighted by molar-refractivity contribution is -0.132. The Kier molecular flexibility index (Phi) is 5.20. The molecule has 0 aliphatic carbocycles. The monoisotopic (exact) mass is 366 g/mol. The molecule has 110 valence electrons. The zero-order valence-corrected chi connectivity index (χ0v) is 12.7. The van der Waals surface area contributed by atoms with E-state index in [0.29, 0.717) is 23.1 Å². The molecule has 1 saturated heterocycles. The van der Waals surface area contributed by atoms with E-state index < -0.39 is 11.9 Å². The van der Waals surface area contributed by atoms with Gasteiger partial charge in [-0.2, -0.15) is 0 Å². The van der Waals surface area contributed by atoms with Crippen molar-refractivity contribution in [1.82, 2.24) is 5.43 Å². The van der Waals surface area contributed by atoms with Crippen LogP contribution in [0.3, 0.4) is 0 Å². The van der Waals surface area contributed by atoms with Gasteiger partial charge in [0.25, 0.3) is 5.91 Å². The molecule has 0 aromatic heterocycles. The first kappa shape index (κ1) is 15.5. The number of carbonyl (C=O) groups excluding carboxylic acids is 1. The van der Waals surface area contributed by atoms with Crippen molar-refractivity contribution in [3.8, 4) is 5.75 Å². The van der Waals surface area contributed by atoms with Crippen LogP contribution in [0.25, 0.3) is 0 Å². The quantitative estimate of drug-likeness (QED) is 0.370. The van der Waals surface area contributed by atoms with Gasteiger partial charge in [-0.1, -0.05) is 11.6 Å². The summed E-state index contributed by atoms with van der Waals surface area (Å²) < 4.78 is 24.9. The predicted octanol–water partition coefficient (Wildman–Crippen LogP) is 2.16. The molecule has 1 aromatic carbocycles. The molecule has 1 aliphatic rings. The molecule has 20 heavy (non-hydrogen) atoms. The van der Waals surface area contributed by atoms with E-state index in [0.717, 1.165) is 0 Å². The molecule has 5 nitrogen and oxygen atoms in total. The van der Waals surface area contributed by atoms with E-state index in [2.05, 4.69) is 15.9 Å². The molecular formula is C12H13BrClFN2O3. The summed E-state index contributed by atoms with van der Waals surface area (Å²) >= 11 is 8.88. The Hall–Kier alpha value is -0.890. The van der Waals surface area contributed by atoms with E-state index >= 15 is 0 Å². The van der Waals surface area contributed by atoms with Crippen LogP contribution >= 0.6 is 27.5 Å². The number of carbonyl (C=O) groups is 1. The van der Waals surface area contributed by atoms with E-state index in [4.69, 9.17) is 26.9 Å². The maximum atomic E-state index is 13.3. The van der Waals surface area contributed by atoms with Crippen LogP contribution in [0.4, 0.5) is 4.39 Å². The molecule has 1 fully saturated rings. The number of nitrogens with one attached hydrogen (secondary N) is 1. The predicted molar refractivity (Wildman–Crippen MR) is 74.8 cm³/mol. The third-order valence-corrected chi connectivity index (χ3v) is 3.85. The summed E-state index contributed by atoms with van der Waals surface area (Å²) in [5.41, 5.74) is 2.05. The first-order valence-corrected chi connectivity index (χ1v) is 7.11. The number of hydrazine groups is 1. The van der Waals surface area contributed by atoms with Gasteiger partial charge >= 0.3 is 0 Å². The molecule has 0 bridgehead atoms. The van der Waals surface area contributed by atoms with Crippen molar-refractivity contribution < 1.29 is 18.7 Å². The van der Waals surface area contributed by atoms with Crippen LogP contribution in [-0.4, -0.2) is 24.7 Å². The third-order valence-electron chi connectivity index (χ3n) is 2.94. The Labute approximate surface area is 128 Å². The van der Waals surface area contributed by atoms with Crippen molar-refractivity contribution in [2.45, 2.75) is 25.0 Å². The molecule has 1 amide bonds. The SMILES string of the molecule is NNC(=O)C1CCC(COc2cc(F)c(Cl)cc2Br)O1. The van der Waals surface area contributed by atoms with Gasteiger partial charge in [0.1, 0.15) is 24.3 Å². The molecule has 8 heteroatoms. The summed E-state index contributed by atoms with van der Waals surface area (Å²) in [5, 5.41) is 0.0148. The Morgan fingerprint density at radius 2 is 2.35 bits per heavy atom. The number of nitrogens with two attached hydrogens (primary N) is 1. The van der Waals surface area contributed by atoms with Crippen LogP contribution in [0.5, 0.6) is 5.75 Å². The normalized spacial score (nSPS) is 21.8. The van der Waals surface area contributed by atoms with Gasteiger partial charge in [-0.3, -0.25) is 10.2 Å². The van der Waals surface area contributed by atoms with Crippen LogP contribution < -0.4 is 16.0 Å². The molecule has 0 spiro atoms. The second-order valence-corrected chi connectivity index (χ2v) is 5.60. The maximum Gasteiger partial charge on any atom is 0.263 e. The average Bonchev–Trinajstić information content (AvgIpc) is 2.89. The zero-order chi connectivity index (χ0) is 14.7. The molecule has 2 atom stereocenters. The van der Waals surface area contributed by atoms with Crippen LogP contribution in [0, 0.1) is 5.82 Å². The molecular weight excluding hydrogens is 354 g/mol. The highest BCUT2D eigenvalue weighted by Gasteiger charge is 2.30. The topological polar surface area (TPSA) is 73.6 Å². The number of ether oxygens (including phenoxy) is 2. The molecule has 2 rings (SSSR count). The van der Waals surface area contributed by atoms with Gasteiger partial charge in [0, 0.05) is 6.07 Å². The van der Waals surface area contributed by atoms with Crippen molar-refractivity contribution >= 4 is 33.4 Å². The highest BCUT2D eigenvalue weighted by atomic mass is 79.9. The van der Waals surface area contributed by atoms with Crippen LogP contribution in [0.15, 0.2) is 16.6 Å². The van der Waals surface area contributed by atoms with Crippen molar-refractivity contribution in [2.24, 2.45) is 5.84 Å². The van der Waals surface area contributed by atoms with Gasteiger partial charge in [0.05, 0.1) is 15.6 Å². The Morgan fingerprint density at radius 3 is 3.05 bits per heavy atom. The fourth-order valence-corrected chi connectivity index (χ4v) is 2.67. The van der Waals surface area contributed by atoms with Crippen LogP contribution in [0.2, 0.25) is 5.02 Å². The lowest BCUT2D eigenvalue weighted by Gasteiger charge is -2.14. The fraction of sp³-hybridized carbons (Fsp3) is 0.417. The minimum absolute atomic E-state index is 0.0148. The molecule has 1 heterocycles. The van der Waals surface area contributed by atoms with Gasteiger partial charge in [-0.25, -0.2) is 10.2 Å². The first-order valence-electron chi connectivity index (χ1n) is 5.94. The second kappa shape index (κ2) is 6.71. The van der Waals surface area contributed by atoms with Gasteiger partial charge in [-0.05, 0) is 34.8 Å². The number of rotatable bonds is 4. The van der Waals surface area contributed by atoms with Crippen molar-refractivity contribution in [2.75, 3.05) is 6.61 Å². The summed E-state index contributed by atoms with van der Waals surface area (Å²) in [7, 11) is 0. The largest absolute Gasteiger partial charge is 0.490 e. The first-order chi connectivity index (χ1) is 9.51. The van der Waals surface area contributed by atoms with Crippen LogP contribution in [-0.2, 0) is 9.53 Å². The molecule has 0 saturated carbocycles. The van der Waals surface area contributed by atoms with Gasteiger partial charge in [0.15, 0.2) is 0 Å². The van der Waals surface area contributed by atoms with Crippen LogP contribution in [0.1, 0.15) is 12.8 Å². The summed E-state index contributed by atoms with van der Waals surface area (Å²) in [4.78, 5) is 11.3. The second-order valence-electron chi connectivity index (χ2n) is 4.34. The number of benzene rings is 1. The highest BCUT2D eigenvalue weighted by molar-refractivity contribution is 9.10. The van der Waals surface area contributed by atoms with Gasteiger partial charge in [0.2, 0.25) is 0 Å². The Bertz CT molecular complexity index is 518.